The van der Waals surface area contributed by atoms with Gasteiger partial charge in [-0.3, -0.25) is 0 Å². The number of aromatic amines is 1. The molecule has 9 heteroatoms. The molecule has 8 nitrogen and oxygen atoms in total. The zero-order valence-electron chi connectivity index (χ0n) is 11.4. The Hall–Kier alpha value is -1.55. The van der Waals surface area contributed by atoms with Crippen molar-refractivity contribution in [1.82, 2.24) is 20.3 Å². The lowest BCUT2D eigenvalue weighted by atomic mass is 10.0. The van der Waals surface area contributed by atoms with E-state index in [1.54, 1.807) is 18.0 Å². The highest BCUT2D eigenvalue weighted by atomic mass is 32.2. The number of nitrogens with one attached hydrogen (secondary N) is 2. The number of nitrogens with zero attached hydrogens (tertiary/aromatic N) is 2. The minimum atomic E-state index is -0.918. The van der Waals surface area contributed by atoms with Crippen LogP contribution in [0, 0.1) is 0 Å². The van der Waals surface area contributed by atoms with E-state index in [0.717, 1.165) is 5.56 Å². The summed E-state index contributed by atoms with van der Waals surface area (Å²) in [4.78, 5) is 11.1. The molecule has 21 heavy (non-hydrogen) atoms. The third-order valence-corrected chi connectivity index (χ3v) is 4.47. The summed E-state index contributed by atoms with van der Waals surface area (Å²) in [5, 5.41) is 23.6. The molecular weight excluding hydrogens is 292 g/mol. The summed E-state index contributed by atoms with van der Waals surface area (Å²) in [6.07, 6.45) is 1.92. The first-order valence-corrected chi connectivity index (χ1v) is 7.93. The Morgan fingerprint density at radius 1 is 1.29 bits per heavy atom. The SMILES string of the molecule is CSCC1NC(c2c[nH]c3c(N)nc(N)nc23)C(O)C1O. The summed E-state index contributed by atoms with van der Waals surface area (Å²) in [5.41, 5.74) is 13.3. The fourth-order valence-electron chi connectivity index (χ4n) is 2.77. The van der Waals surface area contributed by atoms with Crippen LogP contribution >= 0.6 is 11.8 Å². The molecule has 1 aliphatic heterocycles. The van der Waals surface area contributed by atoms with E-state index >= 15 is 0 Å². The molecule has 2 aromatic heterocycles. The molecule has 3 heterocycles. The number of hydrogen-bond acceptors (Lipinski definition) is 8. The van der Waals surface area contributed by atoms with Gasteiger partial charge in [0.05, 0.1) is 12.1 Å². The van der Waals surface area contributed by atoms with Crippen molar-refractivity contribution in [3.63, 3.8) is 0 Å². The largest absolute Gasteiger partial charge is 0.389 e. The molecule has 0 amide bonds. The number of aliphatic hydroxyl groups is 2. The molecule has 0 aliphatic carbocycles. The number of H-pyrrole nitrogens is 1. The van der Waals surface area contributed by atoms with E-state index < -0.39 is 18.2 Å². The molecule has 8 N–H and O–H groups in total. The summed E-state index contributed by atoms with van der Waals surface area (Å²) in [6.45, 7) is 0. The van der Waals surface area contributed by atoms with Gasteiger partial charge in [0, 0.05) is 23.6 Å². The monoisotopic (exact) mass is 310 g/mol. The molecule has 0 bridgehead atoms. The van der Waals surface area contributed by atoms with Crippen molar-refractivity contribution < 1.29 is 10.2 Å². The van der Waals surface area contributed by atoms with Crippen molar-refractivity contribution in [3.05, 3.63) is 11.8 Å². The van der Waals surface area contributed by atoms with Gasteiger partial charge >= 0.3 is 0 Å². The van der Waals surface area contributed by atoms with Crippen LogP contribution < -0.4 is 16.8 Å². The number of thioether (sulfide) groups is 1. The van der Waals surface area contributed by atoms with Crippen LogP contribution in [0.4, 0.5) is 11.8 Å². The van der Waals surface area contributed by atoms with Crippen molar-refractivity contribution in [2.45, 2.75) is 24.3 Å². The Morgan fingerprint density at radius 3 is 2.76 bits per heavy atom. The van der Waals surface area contributed by atoms with Gasteiger partial charge in [-0.2, -0.15) is 16.7 Å². The molecule has 2 aromatic rings. The standard InChI is InChI=1S/C12H18N6O2S/c1-21-3-5-9(19)10(20)7(16-5)4-2-15-8-6(4)17-12(14)18-11(8)13/h2,5,7,9-10,15-16,19-20H,3H2,1H3,(H4,13,14,17,18). The van der Waals surface area contributed by atoms with Gasteiger partial charge in [0.2, 0.25) is 5.95 Å². The van der Waals surface area contributed by atoms with Gasteiger partial charge in [-0.05, 0) is 6.26 Å². The first-order valence-electron chi connectivity index (χ1n) is 6.54. The summed E-state index contributed by atoms with van der Waals surface area (Å²) in [5.74, 6) is 1.04. The normalized spacial score (nSPS) is 29.3. The number of nitrogens with two attached hydrogens (primary N) is 2. The fourth-order valence-corrected chi connectivity index (χ4v) is 3.42. The summed E-state index contributed by atoms with van der Waals surface area (Å²) < 4.78 is 0. The van der Waals surface area contributed by atoms with E-state index in [1.807, 2.05) is 6.26 Å². The number of nitrogen functional groups attached to an aromatic ring is 2. The van der Waals surface area contributed by atoms with E-state index in [4.69, 9.17) is 11.5 Å². The maximum Gasteiger partial charge on any atom is 0.222 e. The zero-order chi connectivity index (χ0) is 15.1. The summed E-state index contributed by atoms with van der Waals surface area (Å²) >= 11 is 1.61. The maximum absolute atomic E-state index is 10.3. The van der Waals surface area contributed by atoms with Gasteiger partial charge < -0.3 is 32.0 Å². The van der Waals surface area contributed by atoms with E-state index in [-0.39, 0.29) is 17.8 Å². The highest BCUT2D eigenvalue weighted by Gasteiger charge is 2.42. The highest BCUT2D eigenvalue weighted by Crippen LogP contribution is 2.33. The van der Waals surface area contributed by atoms with Gasteiger partial charge in [-0.25, -0.2) is 4.98 Å². The molecule has 0 radical (unpaired) electrons. The molecule has 1 aliphatic rings. The number of anilines is 2. The van der Waals surface area contributed by atoms with Gasteiger partial charge in [0.25, 0.3) is 0 Å². The van der Waals surface area contributed by atoms with E-state index in [9.17, 15) is 10.2 Å². The van der Waals surface area contributed by atoms with Crippen LogP contribution in [0.15, 0.2) is 6.20 Å². The topological polar surface area (TPSA) is 146 Å². The first kappa shape index (κ1) is 14.4. The first-order chi connectivity index (χ1) is 10.0. The second-order valence-corrected chi connectivity index (χ2v) is 6.03. The van der Waals surface area contributed by atoms with Crippen LogP contribution in [0.25, 0.3) is 11.0 Å². The van der Waals surface area contributed by atoms with Crippen LogP contribution in [0.1, 0.15) is 11.6 Å². The lowest BCUT2D eigenvalue weighted by Crippen LogP contribution is -2.34. The van der Waals surface area contributed by atoms with Crippen molar-refractivity contribution in [3.8, 4) is 0 Å². The zero-order valence-corrected chi connectivity index (χ0v) is 12.3. The molecule has 0 aromatic carbocycles. The van der Waals surface area contributed by atoms with E-state index in [0.29, 0.717) is 16.8 Å². The second-order valence-electron chi connectivity index (χ2n) is 5.12. The minimum absolute atomic E-state index is 0.0783. The summed E-state index contributed by atoms with van der Waals surface area (Å²) in [6, 6.07) is -0.610. The quantitative estimate of drug-likeness (QED) is 0.433. The number of fused-ring (bicyclic) bond motifs is 1. The third kappa shape index (κ3) is 2.31. The van der Waals surface area contributed by atoms with Crippen molar-refractivity contribution in [2.24, 2.45) is 0 Å². The summed E-state index contributed by atoms with van der Waals surface area (Å²) in [7, 11) is 0. The number of rotatable bonds is 3. The number of hydrogen-bond donors (Lipinski definition) is 6. The van der Waals surface area contributed by atoms with Gasteiger partial charge in [0.1, 0.15) is 17.1 Å². The predicted molar refractivity (Wildman–Crippen MR) is 82.8 cm³/mol. The average Bonchev–Trinajstić information content (AvgIpc) is 2.96. The molecule has 114 valence electrons. The fraction of sp³-hybridized carbons (Fsp3) is 0.500. The Kier molecular flexibility index (Phi) is 3.66. The Morgan fingerprint density at radius 2 is 2.05 bits per heavy atom. The maximum atomic E-state index is 10.3. The molecule has 3 rings (SSSR count). The second kappa shape index (κ2) is 5.34. The van der Waals surface area contributed by atoms with Gasteiger partial charge in [-0.1, -0.05) is 0 Å². The predicted octanol–water partition coefficient (Wildman–Crippen LogP) is -0.780. The Labute approximate surface area is 125 Å². The molecule has 0 saturated carbocycles. The van der Waals surface area contributed by atoms with Crippen molar-refractivity contribution in [1.29, 1.82) is 0 Å². The highest BCUT2D eigenvalue weighted by molar-refractivity contribution is 7.98. The number of aromatic nitrogens is 3. The number of aliphatic hydroxyl groups excluding tert-OH is 2. The van der Waals surface area contributed by atoms with Crippen molar-refractivity contribution in [2.75, 3.05) is 23.5 Å². The lowest BCUT2D eigenvalue weighted by molar-refractivity contribution is 0.0308. The third-order valence-electron chi connectivity index (χ3n) is 3.78. The molecule has 0 spiro atoms. The Bertz CT molecular complexity index is 662. The van der Waals surface area contributed by atoms with Crippen LogP contribution in [-0.2, 0) is 0 Å². The molecule has 1 fully saturated rings. The average molecular weight is 310 g/mol. The van der Waals surface area contributed by atoms with Gasteiger partial charge in [-0.15, -0.1) is 0 Å². The minimum Gasteiger partial charge on any atom is -0.389 e. The van der Waals surface area contributed by atoms with Crippen LogP contribution in [0.2, 0.25) is 0 Å². The smallest absolute Gasteiger partial charge is 0.222 e. The van der Waals surface area contributed by atoms with Crippen LogP contribution in [0.5, 0.6) is 0 Å². The molecule has 1 saturated heterocycles. The van der Waals surface area contributed by atoms with Crippen molar-refractivity contribution >= 4 is 34.6 Å². The molecular formula is C12H18N6O2S. The lowest BCUT2D eigenvalue weighted by Gasteiger charge is -2.14. The molecule has 4 unspecified atom stereocenters. The van der Waals surface area contributed by atoms with Crippen LogP contribution in [0.3, 0.4) is 0 Å². The van der Waals surface area contributed by atoms with Gasteiger partial charge in [0.15, 0.2) is 5.82 Å². The molecule has 4 atom stereocenters. The van der Waals surface area contributed by atoms with Crippen LogP contribution in [-0.4, -0.2) is 55.4 Å². The van der Waals surface area contributed by atoms with E-state index in [1.165, 1.54) is 0 Å². The van der Waals surface area contributed by atoms with E-state index in [2.05, 4.69) is 20.3 Å². The Balaban J connectivity index is 2.01.